The third-order valence-electron chi connectivity index (χ3n) is 3.73. The van der Waals surface area contributed by atoms with Crippen LogP contribution in [0.5, 0.6) is 0 Å². The van der Waals surface area contributed by atoms with Gasteiger partial charge in [0.25, 0.3) is 11.9 Å². The number of fused-ring (bicyclic) bond motifs is 1. The zero-order valence-corrected chi connectivity index (χ0v) is 14.8. The first kappa shape index (κ1) is 17.5. The summed E-state index contributed by atoms with van der Waals surface area (Å²) in [7, 11) is 0. The van der Waals surface area contributed by atoms with Crippen LogP contribution in [0.15, 0.2) is 41.8 Å². The van der Waals surface area contributed by atoms with Gasteiger partial charge in [-0.2, -0.15) is 4.98 Å². The predicted octanol–water partition coefficient (Wildman–Crippen LogP) is 4.78. The minimum Gasteiger partial charge on any atom is -0.289 e. The third kappa shape index (κ3) is 3.15. The van der Waals surface area contributed by atoms with E-state index in [2.05, 4.69) is 15.4 Å². The number of rotatable bonds is 3. The van der Waals surface area contributed by atoms with Crippen LogP contribution in [0, 0.1) is 17.5 Å². The fourth-order valence-corrected chi connectivity index (χ4v) is 3.38. The lowest BCUT2D eigenvalue weighted by Gasteiger charge is -2.04. The van der Waals surface area contributed by atoms with Gasteiger partial charge in [0, 0.05) is 16.0 Å². The first-order valence-electron chi connectivity index (χ1n) is 7.49. The number of halogens is 4. The predicted molar refractivity (Wildman–Crippen MR) is 95.6 cm³/mol. The van der Waals surface area contributed by atoms with Gasteiger partial charge in [-0.3, -0.25) is 10.1 Å². The molecule has 0 spiro atoms. The molecule has 1 amide bonds. The number of hydrogen-bond donors (Lipinski definition) is 1. The summed E-state index contributed by atoms with van der Waals surface area (Å²) in [6.45, 7) is 0. The minimum atomic E-state index is -1.72. The summed E-state index contributed by atoms with van der Waals surface area (Å²) in [4.78, 5) is 16.8. The molecule has 0 unspecified atom stereocenters. The molecule has 0 radical (unpaired) electrons. The topological polar surface area (TPSA) is 59.3 Å². The first-order chi connectivity index (χ1) is 12.9. The largest absolute Gasteiger partial charge is 0.289 e. The maximum absolute atomic E-state index is 13.7. The monoisotopic (exact) mass is 408 g/mol. The molecule has 136 valence electrons. The molecule has 0 fully saturated rings. The van der Waals surface area contributed by atoms with Crippen molar-refractivity contribution in [2.45, 2.75) is 0 Å². The zero-order valence-electron chi connectivity index (χ0n) is 13.2. The molecule has 4 aromatic rings. The molecule has 10 heteroatoms. The van der Waals surface area contributed by atoms with Gasteiger partial charge in [-0.1, -0.05) is 23.7 Å². The van der Waals surface area contributed by atoms with Gasteiger partial charge >= 0.3 is 0 Å². The Balaban J connectivity index is 1.65. The molecule has 0 bridgehead atoms. The number of anilines is 1. The van der Waals surface area contributed by atoms with E-state index in [9.17, 15) is 18.0 Å². The van der Waals surface area contributed by atoms with Crippen molar-refractivity contribution in [3.8, 4) is 11.3 Å². The molecule has 0 aliphatic rings. The van der Waals surface area contributed by atoms with Crippen molar-refractivity contribution in [1.29, 1.82) is 0 Å². The SMILES string of the molecule is O=C(Nc1nc2scc(-c3ccc(Cl)cc3)n2n1)c1ccc(F)c(F)c1F. The maximum atomic E-state index is 13.7. The van der Waals surface area contributed by atoms with Gasteiger partial charge in [0.05, 0.1) is 11.3 Å². The number of nitrogens with one attached hydrogen (secondary N) is 1. The van der Waals surface area contributed by atoms with Gasteiger partial charge in [0.1, 0.15) is 0 Å². The van der Waals surface area contributed by atoms with Crippen molar-refractivity contribution in [2.75, 3.05) is 5.32 Å². The van der Waals surface area contributed by atoms with Gasteiger partial charge in [-0.15, -0.1) is 16.4 Å². The second kappa shape index (κ2) is 6.67. The Labute approximate surface area is 159 Å². The molecule has 5 nitrogen and oxygen atoms in total. The van der Waals surface area contributed by atoms with E-state index in [4.69, 9.17) is 11.6 Å². The summed E-state index contributed by atoms with van der Waals surface area (Å²) in [5, 5.41) is 8.87. The Bertz CT molecular complexity index is 1170. The summed E-state index contributed by atoms with van der Waals surface area (Å²) in [6, 6.07) is 8.59. The average molecular weight is 409 g/mol. The highest BCUT2D eigenvalue weighted by atomic mass is 35.5. The summed E-state index contributed by atoms with van der Waals surface area (Å²) in [5.41, 5.74) is 0.906. The van der Waals surface area contributed by atoms with Gasteiger partial charge in [0.2, 0.25) is 4.96 Å². The van der Waals surface area contributed by atoms with Crippen LogP contribution in [0.1, 0.15) is 10.4 Å². The van der Waals surface area contributed by atoms with Crippen molar-refractivity contribution in [3.63, 3.8) is 0 Å². The number of aromatic nitrogens is 3. The van der Waals surface area contributed by atoms with E-state index in [0.717, 1.165) is 17.3 Å². The van der Waals surface area contributed by atoms with Crippen LogP contribution < -0.4 is 5.32 Å². The summed E-state index contributed by atoms with van der Waals surface area (Å²) in [6.07, 6.45) is 0. The number of thiazole rings is 1. The molecule has 0 saturated carbocycles. The molecule has 1 N–H and O–H groups in total. The van der Waals surface area contributed by atoms with Crippen LogP contribution in [0.25, 0.3) is 16.2 Å². The van der Waals surface area contributed by atoms with Crippen LogP contribution >= 0.6 is 22.9 Å². The van der Waals surface area contributed by atoms with E-state index in [0.29, 0.717) is 16.0 Å². The van der Waals surface area contributed by atoms with Crippen LogP contribution in [0.4, 0.5) is 19.1 Å². The summed E-state index contributed by atoms with van der Waals surface area (Å²) >= 11 is 7.17. The van der Waals surface area contributed by atoms with E-state index >= 15 is 0 Å². The van der Waals surface area contributed by atoms with Gasteiger partial charge in [-0.05, 0) is 24.3 Å². The number of amides is 1. The van der Waals surface area contributed by atoms with Gasteiger partial charge in [0.15, 0.2) is 17.5 Å². The lowest BCUT2D eigenvalue weighted by Crippen LogP contribution is -2.16. The van der Waals surface area contributed by atoms with E-state index in [1.807, 2.05) is 5.38 Å². The normalized spacial score (nSPS) is 11.1. The van der Waals surface area contributed by atoms with Crippen LogP contribution in [-0.4, -0.2) is 20.5 Å². The molecule has 2 aromatic heterocycles. The van der Waals surface area contributed by atoms with Crippen LogP contribution in [0.3, 0.4) is 0 Å². The van der Waals surface area contributed by atoms with Crippen molar-refractivity contribution in [1.82, 2.24) is 14.6 Å². The molecule has 2 aromatic carbocycles. The summed E-state index contributed by atoms with van der Waals surface area (Å²) < 4.78 is 41.6. The fourth-order valence-electron chi connectivity index (χ4n) is 2.42. The highest BCUT2D eigenvalue weighted by Crippen LogP contribution is 2.27. The molecule has 0 saturated heterocycles. The Morgan fingerprint density at radius 3 is 2.56 bits per heavy atom. The van der Waals surface area contributed by atoms with Crippen molar-refractivity contribution < 1.29 is 18.0 Å². The first-order valence-corrected chi connectivity index (χ1v) is 8.75. The van der Waals surface area contributed by atoms with Gasteiger partial charge < -0.3 is 0 Å². The molecule has 4 rings (SSSR count). The van der Waals surface area contributed by atoms with Crippen molar-refractivity contribution in [2.24, 2.45) is 0 Å². The van der Waals surface area contributed by atoms with Crippen molar-refractivity contribution in [3.05, 3.63) is 69.8 Å². The number of benzene rings is 2. The molecule has 0 aliphatic heterocycles. The third-order valence-corrected chi connectivity index (χ3v) is 4.79. The van der Waals surface area contributed by atoms with Crippen LogP contribution in [-0.2, 0) is 0 Å². The minimum absolute atomic E-state index is 0.0915. The quantitative estimate of drug-likeness (QED) is 0.496. The maximum Gasteiger partial charge on any atom is 0.261 e. The van der Waals surface area contributed by atoms with E-state index < -0.39 is 28.9 Å². The Morgan fingerprint density at radius 1 is 1.07 bits per heavy atom. The molecule has 2 heterocycles. The second-order valence-electron chi connectivity index (χ2n) is 5.43. The number of nitrogens with zero attached hydrogens (tertiary/aromatic N) is 3. The molecular formula is C17H8ClF3N4OS. The molecule has 0 atom stereocenters. The Hall–Kier alpha value is -2.91. The van der Waals surface area contributed by atoms with E-state index in [1.165, 1.54) is 15.9 Å². The molecule has 0 aliphatic carbocycles. The van der Waals surface area contributed by atoms with E-state index in [-0.39, 0.29) is 5.95 Å². The van der Waals surface area contributed by atoms with Crippen molar-refractivity contribution >= 4 is 39.8 Å². The Kier molecular flexibility index (Phi) is 4.33. The lowest BCUT2D eigenvalue weighted by atomic mass is 10.2. The molecule has 27 heavy (non-hydrogen) atoms. The Morgan fingerprint density at radius 2 is 1.81 bits per heavy atom. The number of carbonyl (C=O) groups excluding carboxylic acids is 1. The zero-order chi connectivity index (χ0) is 19.1. The lowest BCUT2D eigenvalue weighted by molar-refractivity contribution is 0.102. The highest BCUT2D eigenvalue weighted by Gasteiger charge is 2.20. The number of hydrogen-bond acceptors (Lipinski definition) is 4. The second-order valence-corrected chi connectivity index (χ2v) is 6.71. The molecular weight excluding hydrogens is 401 g/mol. The van der Waals surface area contributed by atoms with Crippen LogP contribution in [0.2, 0.25) is 5.02 Å². The number of carbonyl (C=O) groups is 1. The fraction of sp³-hybridized carbons (Fsp3) is 0. The summed E-state index contributed by atoms with van der Waals surface area (Å²) in [5.74, 6) is -5.75. The van der Waals surface area contributed by atoms with Gasteiger partial charge in [-0.25, -0.2) is 17.7 Å². The standard InChI is InChI=1S/C17H8ClF3N4OS/c18-9-3-1-8(2-4-9)12-7-27-17-23-16(24-25(12)17)22-15(26)10-5-6-11(19)14(21)13(10)20/h1-7H,(H,22,24,26). The average Bonchev–Trinajstić information content (AvgIpc) is 3.20. The van der Waals surface area contributed by atoms with E-state index in [1.54, 1.807) is 24.3 Å². The smallest absolute Gasteiger partial charge is 0.261 e. The highest BCUT2D eigenvalue weighted by molar-refractivity contribution is 7.15.